The second-order valence-corrected chi connectivity index (χ2v) is 4.40. The van der Waals surface area contributed by atoms with Crippen molar-refractivity contribution in [1.82, 2.24) is 5.32 Å². The summed E-state index contributed by atoms with van der Waals surface area (Å²) in [4.78, 5) is 12.0. The van der Waals surface area contributed by atoms with Gasteiger partial charge in [0.15, 0.2) is 0 Å². The van der Waals surface area contributed by atoms with E-state index in [1.807, 2.05) is 13.0 Å². The molecule has 3 nitrogen and oxygen atoms in total. The van der Waals surface area contributed by atoms with E-state index in [1.54, 1.807) is 24.3 Å². The Bertz CT molecular complexity index is 611. The normalized spacial score (nSPS) is 10.2. The number of carbonyl (C=O) groups excluding carboxylic acids is 1. The third-order valence-corrected chi connectivity index (χ3v) is 2.79. The molecule has 0 aliphatic heterocycles. The van der Waals surface area contributed by atoms with E-state index in [2.05, 4.69) is 5.32 Å². The first-order chi connectivity index (χ1) is 9.06. The molecule has 0 unspecified atom stereocenters. The predicted molar refractivity (Wildman–Crippen MR) is 73.2 cm³/mol. The summed E-state index contributed by atoms with van der Waals surface area (Å²) in [7, 11) is 0. The zero-order valence-electron chi connectivity index (χ0n) is 10.6. The summed E-state index contributed by atoms with van der Waals surface area (Å²) < 4.78 is 13.0. The zero-order chi connectivity index (χ0) is 13.8. The van der Waals surface area contributed by atoms with Crippen LogP contribution in [-0.2, 0) is 6.54 Å². The van der Waals surface area contributed by atoms with Crippen LogP contribution in [0.25, 0.3) is 0 Å². The van der Waals surface area contributed by atoms with Crippen molar-refractivity contribution in [2.75, 3.05) is 5.73 Å². The second kappa shape index (κ2) is 5.52. The van der Waals surface area contributed by atoms with Crippen molar-refractivity contribution in [1.29, 1.82) is 0 Å². The van der Waals surface area contributed by atoms with Crippen molar-refractivity contribution in [2.24, 2.45) is 0 Å². The van der Waals surface area contributed by atoms with Gasteiger partial charge in [0.05, 0.1) is 5.56 Å². The summed E-state index contributed by atoms with van der Waals surface area (Å²) in [5, 5.41) is 2.72. The number of carbonyl (C=O) groups is 1. The van der Waals surface area contributed by atoms with Crippen LogP contribution >= 0.6 is 0 Å². The number of rotatable bonds is 3. The molecule has 0 aliphatic rings. The lowest BCUT2D eigenvalue weighted by Gasteiger charge is -2.08. The Morgan fingerprint density at radius 1 is 1.26 bits per heavy atom. The van der Waals surface area contributed by atoms with E-state index in [0.717, 1.165) is 5.56 Å². The SMILES string of the molecule is Cc1ccc(C(=O)NCc2cccc(F)c2)c(N)c1. The topological polar surface area (TPSA) is 55.1 Å². The average Bonchev–Trinajstić information content (AvgIpc) is 2.36. The molecule has 3 N–H and O–H groups in total. The molecule has 0 atom stereocenters. The molecule has 0 aliphatic carbocycles. The summed E-state index contributed by atoms with van der Waals surface area (Å²) in [6, 6.07) is 11.4. The van der Waals surface area contributed by atoms with E-state index >= 15 is 0 Å². The molecule has 0 bridgehead atoms. The Morgan fingerprint density at radius 2 is 2.05 bits per heavy atom. The van der Waals surface area contributed by atoms with Gasteiger partial charge in [-0.1, -0.05) is 18.2 Å². The van der Waals surface area contributed by atoms with E-state index < -0.39 is 0 Å². The van der Waals surface area contributed by atoms with Crippen LogP contribution in [0.1, 0.15) is 21.5 Å². The minimum absolute atomic E-state index is 0.262. The van der Waals surface area contributed by atoms with Gasteiger partial charge in [-0.25, -0.2) is 4.39 Å². The van der Waals surface area contributed by atoms with Gasteiger partial charge in [0.2, 0.25) is 0 Å². The van der Waals surface area contributed by atoms with Gasteiger partial charge in [-0.3, -0.25) is 4.79 Å². The molecule has 2 aromatic rings. The van der Waals surface area contributed by atoms with E-state index in [4.69, 9.17) is 5.73 Å². The minimum atomic E-state index is -0.318. The Hall–Kier alpha value is -2.36. The van der Waals surface area contributed by atoms with Crippen LogP contribution < -0.4 is 11.1 Å². The molecule has 0 fully saturated rings. The lowest BCUT2D eigenvalue weighted by Crippen LogP contribution is -2.23. The van der Waals surface area contributed by atoms with Crippen LogP contribution in [0.3, 0.4) is 0 Å². The number of amides is 1. The molecule has 2 rings (SSSR count). The summed E-state index contributed by atoms with van der Waals surface area (Å²) in [5.74, 6) is -0.580. The van der Waals surface area contributed by atoms with E-state index in [-0.39, 0.29) is 18.3 Å². The number of halogens is 1. The van der Waals surface area contributed by atoms with Crippen LogP contribution in [0.5, 0.6) is 0 Å². The first kappa shape index (κ1) is 13.1. The molecule has 0 heterocycles. The van der Waals surface area contributed by atoms with Gasteiger partial charge in [0.1, 0.15) is 5.82 Å². The lowest BCUT2D eigenvalue weighted by molar-refractivity contribution is 0.0951. The Kier molecular flexibility index (Phi) is 3.80. The van der Waals surface area contributed by atoms with Crippen molar-refractivity contribution in [3.63, 3.8) is 0 Å². The molecule has 1 amide bonds. The maximum Gasteiger partial charge on any atom is 0.253 e. The molecule has 0 radical (unpaired) electrons. The van der Waals surface area contributed by atoms with Crippen molar-refractivity contribution in [3.05, 3.63) is 65.0 Å². The van der Waals surface area contributed by atoms with E-state index in [0.29, 0.717) is 16.8 Å². The van der Waals surface area contributed by atoms with Crippen molar-refractivity contribution in [2.45, 2.75) is 13.5 Å². The highest BCUT2D eigenvalue weighted by atomic mass is 19.1. The molecule has 0 saturated carbocycles. The van der Waals surface area contributed by atoms with Gasteiger partial charge >= 0.3 is 0 Å². The van der Waals surface area contributed by atoms with Gasteiger partial charge in [-0.05, 0) is 42.3 Å². The number of aryl methyl sites for hydroxylation is 1. The molecule has 0 saturated heterocycles. The molecular formula is C15H15FN2O. The monoisotopic (exact) mass is 258 g/mol. The number of nitrogens with one attached hydrogen (secondary N) is 1. The number of benzene rings is 2. The number of nitrogens with two attached hydrogens (primary N) is 1. The minimum Gasteiger partial charge on any atom is -0.398 e. The smallest absolute Gasteiger partial charge is 0.253 e. The van der Waals surface area contributed by atoms with Crippen molar-refractivity contribution >= 4 is 11.6 Å². The molecule has 0 aromatic heterocycles. The average molecular weight is 258 g/mol. The summed E-state index contributed by atoms with van der Waals surface area (Å²) in [6.07, 6.45) is 0. The summed E-state index contributed by atoms with van der Waals surface area (Å²) in [5.41, 5.74) is 8.38. The fourth-order valence-corrected chi connectivity index (χ4v) is 1.81. The van der Waals surface area contributed by atoms with Gasteiger partial charge in [-0.2, -0.15) is 0 Å². The van der Waals surface area contributed by atoms with Crippen LogP contribution in [0.15, 0.2) is 42.5 Å². The predicted octanol–water partition coefficient (Wildman–Crippen LogP) is 2.65. The zero-order valence-corrected chi connectivity index (χ0v) is 10.6. The highest BCUT2D eigenvalue weighted by Crippen LogP contribution is 2.13. The molecule has 2 aromatic carbocycles. The number of hydrogen-bond acceptors (Lipinski definition) is 2. The standard InChI is InChI=1S/C15H15FN2O/c1-10-5-6-13(14(17)7-10)15(19)18-9-11-3-2-4-12(16)8-11/h2-8H,9,17H2,1H3,(H,18,19). The lowest BCUT2D eigenvalue weighted by atomic mass is 10.1. The summed E-state index contributed by atoms with van der Waals surface area (Å²) >= 11 is 0. The summed E-state index contributed by atoms with van der Waals surface area (Å²) in [6.45, 7) is 2.18. The quantitative estimate of drug-likeness (QED) is 0.831. The molecule has 4 heteroatoms. The highest BCUT2D eigenvalue weighted by molar-refractivity contribution is 5.99. The molecule has 19 heavy (non-hydrogen) atoms. The largest absolute Gasteiger partial charge is 0.398 e. The Labute approximate surface area is 111 Å². The third kappa shape index (κ3) is 3.31. The maximum absolute atomic E-state index is 13.0. The van der Waals surface area contributed by atoms with Crippen LogP contribution in [0, 0.1) is 12.7 Å². The fraction of sp³-hybridized carbons (Fsp3) is 0.133. The van der Waals surface area contributed by atoms with E-state index in [1.165, 1.54) is 12.1 Å². The number of anilines is 1. The first-order valence-electron chi connectivity index (χ1n) is 5.95. The van der Waals surface area contributed by atoms with Gasteiger partial charge in [0.25, 0.3) is 5.91 Å². The second-order valence-electron chi connectivity index (χ2n) is 4.40. The molecular weight excluding hydrogens is 243 g/mol. The van der Waals surface area contributed by atoms with Crippen LogP contribution in [0.4, 0.5) is 10.1 Å². The van der Waals surface area contributed by atoms with Crippen LogP contribution in [-0.4, -0.2) is 5.91 Å². The van der Waals surface area contributed by atoms with Crippen LogP contribution in [0.2, 0.25) is 0 Å². The van der Waals surface area contributed by atoms with Gasteiger partial charge < -0.3 is 11.1 Å². The molecule has 0 spiro atoms. The van der Waals surface area contributed by atoms with Crippen molar-refractivity contribution in [3.8, 4) is 0 Å². The first-order valence-corrected chi connectivity index (χ1v) is 5.95. The fourth-order valence-electron chi connectivity index (χ4n) is 1.81. The maximum atomic E-state index is 13.0. The van der Waals surface area contributed by atoms with Gasteiger partial charge in [-0.15, -0.1) is 0 Å². The highest BCUT2D eigenvalue weighted by Gasteiger charge is 2.09. The van der Waals surface area contributed by atoms with E-state index in [9.17, 15) is 9.18 Å². The van der Waals surface area contributed by atoms with Gasteiger partial charge in [0, 0.05) is 12.2 Å². The third-order valence-electron chi connectivity index (χ3n) is 2.79. The van der Waals surface area contributed by atoms with Crippen molar-refractivity contribution < 1.29 is 9.18 Å². The molecule has 98 valence electrons. The number of nitrogen functional groups attached to an aromatic ring is 1. The number of hydrogen-bond donors (Lipinski definition) is 2. The Morgan fingerprint density at radius 3 is 2.74 bits per heavy atom. The Balaban J connectivity index is 2.05.